The first-order chi connectivity index (χ1) is 10.2. The predicted octanol–water partition coefficient (Wildman–Crippen LogP) is 4.18. The standard InChI is InChI=1S/C17H17ClN2O/c1-2-9-20-16(15(18)11-19-20)17(21)14-8-7-12-5-3-4-6-13(12)10-14/h3-8,10-11,17,21H,2,9H2,1H3. The summed E-state index contributed by atoms with van der Waals surface area (Å²) in [6.45, 7) is 2.81. The van der Waals surface area contributed by atoms with Gasteiger partial charge in [0.1, 0.15) is 6.10 Å². The van der Waals surface area contributed by atoms with Gasteiger partial charge in [-0.15, -0.1) is 0 Å². The fraction of sp³-hybridized carbons (Fsp3) is 0.235. The third-order valence-electron chi connectivity index (χ3n) is 3.62. The van der Waals surface area contributed by atoms with E-state index in [9.17, 15) is 5.11 Å². The van der Waals surface area contributed by atoms with Crippen LogP contribution in [0.15, 0.2) is 48.7 Å². The summed E-state index contributed by atoms with van der Waals surface area (Å²) in [5, 5.41) is 17.7. The second-order valence-corrected chi connectivity index (χ2v) is 5.52. The summed E-state index contributed by atoms with van der Waals surface area (Å²) in [5.74, 6) is 0. The van der Waals surface area contributed by atoms with Crippen LogP contribution in [0.3, 0.4) is 0 Å². The Morgan fingerprint density at radius 2 is 1.95 bits per heavy atom. The van der Waals surface area contributed by atoms with Gasteiger partial charge in [0.05, 0.1) is 16.9 Å². The Hall–Kier alpha value is -1.84. The molecule has 0 saturated carbocycles. The lowest BCUT2D eigenvalue weighted by Crippen LogP contribution is -2.10. The number of fused-ring (bicyclic) bond motifs is 1. The second kappa shape index (κ2) is 5.88. The van der Waals surface area contributed by atoms with Crippen LogP contribution in [0.2, 0.25) is 5.02 Å². The molecule has 1 atom stereocenters. The first-order valence-corrected chi connectivity index (χ1v) is 7.46. The third kappa shape index (κ3) is 2.67. The summed E-state index contributed by atoms with van der Waals surface area (Å²) in [6, 6.07) is 14.0. The van der Waals surface area contributed by atoms with Crippen molar-refractivity contribution in [3.8, 4) is 0 Å². The van der Waals surface area contributed by atoms with Gasteiger partial charge < -0.3 is 5.11 Å². The maximum atomic E-state index is 10.7. The summed E-state index contributed by atoms with van der Waals surface area (Å²) >= 11 is 6.20. The molecule has 0 saturated heterocycles. The van der Waals surface area contributed by atoms with Crippen molar-refractivity contribution >= 4 is 22.4 Å². The molecule has 0 fully saturated rings. The van der Waals surface area contributed by atoms with E-state index in [0.29, 0.717) is 10.7 Å². The smallest absolute Gasteiger partial charge is 0.122 e. The molecule has 0 aliphatic heterocycles. The van der Waals surface area contributed by atoms with Crippen LogP contribution in [0.4, 0.5) is 0 Å². The predicted molar refractivity (Wildman–Crippen MR) is 85.5 cm³/mol. The topological polar surface area (TPSA) is 38.0 Å². The van der Waals surface area contributed by atoms with Gasteiger partial charge in [0.2, 0.25) is 0 Å². The molecular weight excluding hydrogens is 284 g/mol. The van der Waals surface area contributed by atoms with Crippen LogP contribution in [-0.2, 0) is 6.54 Å². The van der Waals surface area contributed by atoms with Crippen molar-refractivity contribution in [2.75, 3.05) is 0 Å². The molecule has 21 heavy (non-hydrogen) atoms. The van der Waals surface area contributed by atoms with Crippen molar-refractivity contribution in [2.24, 2.45) is 0 Å². The second-order valence-electron chi connectivity index (χ2n) is 5.11. The number of rotatable bonds is 4. The molecule has 0 bridgehead atoms. The van der Waals surface area contributed by atoms with Crippen LogP contribution in [0.25, 0.3) is 10.8 Å². The zero-order valence-corrected chi connectivity index (χ0v) is 12.6. The molecule has 1 N–H and O–H groups in total. The molecule has 1 unspecified atom stereocenters. The fourth-order valence-electron chi connectivity index (χ4n) is 2.57. The zero-order chi connectivity index (χ0) is 14.8. The van der Waals surface area contributed by atoms with E-state index in [0.717, 1.165) is 29.3 Å². The fourth-order valence-corrected chi connectivity index (χ4v) is 2.81. The number of aromatic nitrogens is 2. The summed E-state index contributed by atoms with van der Waals surface area (Å²) in [5.41, 5.74) is 1.49. The highest BCUT2D eigenvalue weighted by Crippen LogP contribution is 2.30. The molecule has 2 aromatic carbocycles. The summed E-state index contributed by atoms with van der Waals surface area (Å²) in [4.78, 5) is 0. The van der Waals surface area contributed by atoms with E-state index in [1.54, 1.807) is 10.9 Å². The van der Waals surface area contributed by atoms with E-state index in [-0.39, 0.29) is 0 Å². The van der Waals surface area contributed by atoms with Crippen molar-refractivity contribution < 1.29 is 5.11 Å². The van der Waals surface area contributed by atoms with Gasteiger partial charge in [-0.05, 0) is 28.8 Å². The average Bonchev–Trinajstić information content (AvgIpc) is 2.87. The Kier molecular flexibility index (Phi) is 3.95. The Bertz CT molecular complexity index is 766. The molecule has 4 heteroatoms. The quantitative estimate of drug-likeness (QED) is 0.785. The van der Waals surface area contributed by atoms with Gasteiger partial charge in [-0.3, -0.25) is 4.68 Å². The molecule has 0 aliphatic rings. The number of aryl methyl sites for hydroxylation is 1. The van der Waals surface area contributed by atoms with E-state index in [2.05, 4.69) is 18.1 Å². The van der Waals surface area contributed by atoms with Gasteiger partial charge in [-0.2, -0.15) is 5.10 Å². The van der Waals surface area contributed by atoms with Gasteiger partial charge in [-0.25, -0.2) is 0 Å². The lowest BCUT2D eigenvalue weighted by molar-refractivity contribution is 0.207. The highest BCUT2D eigenvalue weighted by Gasteiger charge is 2.19. The molecule has 1 heterocycles. The summed E-state index contributed by atoms with van der Waals surface area (Å²) in [7, 11) is 0. The van der Waals surface area contributed by atoms with Crippen molar-refractivity contribution in [2.45, 2.75) is 26.0 Å². The minimum atomic E-state index is -0.767. The Morgan fingerprint density at radius 3 is 2.71 bits per heavy atom. The number of benzene rings is 2. The molecule has 0 amide bonds. The maximum Gasteiger partial charge on any atom is 0.122 e. The van der Waals surface area contributed by atoms with Gasteiger partial charge in [-0.1, -0.05) is 54.9 Å². The monoisotopic (exact) mass is 300 g/mol. The van der Waals surface area contributed by atoms with Crippen molar-refractivity contribution in [3.05, 3.63) is 64.9 Å². The van der Waals surface area contributed by atoms with Gasteiger partial charge in [0.15, 0.2) is 0 Å². The molecular formula is C17H17ClN2O. The van der Waals surface area contributed by atoms with Gasteiger partial charge in [0, 0.05) is 6.54 Å². The zero-order valence-electron chi connectivity index (χ0n) is 11.8. The van der Waals surface area contributed by atoms with Gasteiger partial charge >= 0.3 is 0 Å². The van der Waals surface area contributed by atoms with Gasteiger partial charge in [0.25, 0.3) is 0 Å². The Labute approximate surface area is 128 Å². The van der Waals surface area contributed by atoms with E-state index >= 15 is 0 Å². The molecule has 108 valence electrons. The number of nitrogens with zero attached hydrogens (tertiary/aromatic N) is 2. The average molecular weight is 301 g/mol. The largest absolute Gasteiger partial charge is 0.382 e. The Morgan fingerprint density at radius 1 is 1.19 bits per heavy atom. The van der Waals surface area contributed by atoms with Crippen LogP contribution < -0.4 is 0 Å². The van der Waals surface area contributed by atoms with Crippen LogP contribution in [0.1, 0.15) is 30.7 Å². The third-order valence-corrected chi connectivity index (χ3v) is 3.91. The molecule has 1 aromatic heterocycles. The molecule has 3 aromatic rings. The number of aliphatic hydroxyl groups excluding tert-OH is 1. The summed E-state index contributed by atoms with van der Waals surface area (Å²) in [6.07, 6.45) is 1.77. The normalized spacial score (nSPS) is 12.7. The first-order valence-electron chi connectivity index (χ1n) is 7.08. The number of aliphatic hydroxyl groups is 1. The maximum absolute atomic E-state index is 10.7. The highest BCUT2D eigenvalue weighted by atomic mass is 35.5. The number of hydrogen-bond donors (Lipinski definition) is 1. The number of hydrogen-bond acceptors (Lipinski definition) is 2. The number of halogens is 1. The van der Waals surface area contributed by atoms with E-state index < -0.39 is 6.10 Å². The lowest BCUT2D eigenvalue weighted by Gasteiger charge is -2.15. The van der Waals surface area contributed by atoms with E-state index in [1.165, 1.54) is 0 Å². The summed E-state index contributed by atoms with van der Waals surface area (Å²) < 4.78 is 1.78. The molecule has 0 aliphatic carbocycles. The van der Waals surface area contributed by atoms with E-state index in [1.807, 2.05) is 36.4 Å². The first kappa shape index (κ1) is 14.1. The molecule has 0 spiro atoms. The van der Waals surface area contributed by atoms with Crippen molar-refractivity contribution in [3.63, 3.8) is 0 Å². The molecule has 3 rings (SSSR count). The van der Waals surface area contributed by atoms with Crippen LogP contribution in [0.5, 0.6) is 0 Å². The van der Waals surface area contributed by atoms with Crippen LogP contribution >= 0.6 is 11.6 Å². The van der Waals surface area contributed by atoms with Crippen LogP contribution in [0, 0.1) is 0 Å². The highest BCUT2D eigenvalue weighted by molar-refractivity contribution is 6.31. The Balaban J connectivity index is 2.03. The molecule has 3 nitrogen and oxygen atoms in total. The lowest BCUT2D eigenvalue weighted by atomic mass is 10.0. The van der Waals surface area contributed by atoms with Crippen molar-refractivity contribution in [1.82, 2.24) is 9.78 Å². The minimum Gasteiger partial charge on any atom is -0.382 e. The molecule has 0 radical (unpaired) electrons. The van der Waals surface area contributed by atoms with Crippen molar-refractivity contribution in [1.29, 1.82) is 0 Å². The van der Waals surface area contributed by atoms with Crippen LogP contribution in [-0.4, -0.2) is 14.9 Å². The minimum absolute atomic E-state index is 0.504. The van der Waals surface area contributed by atoms with E-state index in [4.69, 9.17) is 11.6 Å². The SMILES string of the molecule is CCCn1ncc(Cl)c1C(O)c1ccc2ccccc2c1.